The molecule has 0 fully saturated rings. The predicted octanol–water partition coefficient (Wildman–Crippen LogP) is 4.56. The highest BCUT2D eigenvalue weighted by Crippen LogP contribution is 2.25. The second-order valence-corrected chi connectivity index (χ2v) is 5.98. The number of nitrogens with zero attached hydrogens (tertiary/aromatic N) is 1. The van der Waals surface area contributed by atoms with Crippen LogP contribution in [0.15, 0.2) is 30.5 Å². The van der Waals surface area contributed by atoms with E-state index in [2.05, 4.69) is 4.57 Å². The number of carbonyl (C=O) groups excluding carboxylic acids is 1. The number of ketones is 1. The molecule has 0 bridgehead atoms. The van der Waals surface area contributed by atoms with Gasteiger partial charge in [0.15, 0.2) is 5.78 Å². The van der Waals surface area contributed by atoms with Gasteiger partial charge in [0.05, 0.1) is 0 Å². The molecular weight excluding hydrogens is 293 g/mol. The first-order valence-corrected chi connectivity index (χ1v) is 7.56. The van der Waals surface area contributed by atoms with Gasteiger partial charge in [-0.1, -0.05) is 29.3 Å². The van der Waals surface area contributed by atoms with E-state index in [1.807, 2.05) is 24.4 Å². The third-order valence-corrected chi connectivity index (χ3v) is 4.42. The van der Waals surface area contributed by atoms with Crippen LogP contribution in [0, 0.1) is 0 Å². The van der Waals surface area contributed by atoms with Crippen molar-refractivity contribution in [3.05, 3.63) is 57.3 Å². The summed E-state index contributed by atoms with van der Waals surface area (Å²) in [5, 5.41) is 1.36. The van der Waals surface area contributed by atoms with Crippen molar-refractivity contribution in [1.82, 2.24) is 4.57 Å². The number of rotatable bonds is 3. The van der Waals surface area contributed by atoms with Gasteiger partial charge in [-0.25, -0.2) is 0 Å². The Morgan fingerprint density at radius 2 is 2.00 bits per heavy atom. The van der Waals surface area contributed by atoms with Gasteiger partial charge < -0.3 is 4.57 Å². The molecule has 1 aliphatic carbocycles. The van der Waals surface area contributed by atoms with Crippen LogP contribution in [0.5, 0.6) is 0 Å². The van der Waals surface area contributed by atoms with Crippen LogP contribution >= 0.6 is 23.2 Å². The maximum absolute atomic E-state index is 11.8. The molecule has 0 amide bonds. The van der Waals surface area contributed by atoms with Gasteiger partial charge in [-0.3, -0.25) is 4.79 Å². The number of carbonyl (C=O) groups is 1. The highest BCUT2D eigenvalue weighted by Gasteiger charge is 2.20. The van der Waals surface area contributed by atoms with Gasteiger partial charge >= 0.3 is 0 Å². The minimum atomic E-state index is 0.273. The van der Waals surface area contributed by atoms with Gasteiger partial charge in [0.25, 0.3) is 0 Å². The molecule has 0 saturated carbocycles. The lowest BCUT2D eigenvalue weighted by Gasteiger charge is -2.15. The molecular formula is C16H15Cl2NO. The fourth-order valence-electron chi connectivity index (χ4n) is 2.76. The van der Waals surface area contributed by atoms with Crippen LogP contribution in [-0.4, -0.2) is 10.4 Å². The van der Waals surface area contributed by atoms with Gasteiger partial charge in [0.2, 0.25) is 0 Å². The minimum Gasteiger partial charge on any atom is -0.350 e. The van der Waals surface area contributed by atoms with Crippen LogP contribution in [0.2, 0.25) is 10.0 Å². The first kappa shape index (κ1) is 13.7. The van der Waals surface area contributed by atoms with E-state index < -0.39 is 0 Å². The highest BCUT2D eigenvalue weighted by molar-refractivity contribution is 6.35. The number of aromatic nitrogens is 1. The number of aryl methyl sites for hydroxylation is 2. The molecule has 0 spiro atoms. The summed E-state index contributed by atoms with van der Waals surface area (Å²) in [6, 6.07) is 7.54. The van der Waals surface area contributed by atoms with E-state index in [0.717, 1.165) is 36.9 Å². The Morgan fingerprint density at radius 1 is 1.15 bits per heavy atom. The number of hydrogen-bond acceptors (Lipinski definition) is 1. The average Bonchev–Trinajstić information content (AvgIpc) is 2.83. The van der Waals surface area contributed by atoms with Crippen LogP contribution < -0.4 is 0 Å². The predicted molar refractivity (Wildman–Crippen MR) is 81.9 cm³/mol. The van der Waals surface area contributed by atoms with Gasteiger partial charge in [-0.15, -0.1) is 0 Å². The third-order valence-electron chi connectivity index (χ3n) is 3.83. The standard InChI is InChI=1S/C16H15Cl2NO/c17-12-5-4-11(14(18)10-12)6-8-19-9-7-13-15(19)2-1-3-16(13)20/h4-5,7,9-10H,1-3,6,8H2. The summed E-state index contributed by atoms with van der Waals surface area (Å²) in [5.41, 5.74) is 3.16. The second kappa shape index (κ2) is 5.63. The monoisotopic (exact) mass is 307 g/mol. The fourth-order valence-corrected chi connectivity index (χ4v) is 3.27. The summed E-state index contributed by atoms with van der Waals surface area (Å²) in [6.07, 6.45) is 5.48. The Kier molecular flexibility index (Phi) is 3.86. The first-order valence-electron chi connectivity index (χ1n) is 6.80. The highest BCUT2D eigenvalue weighted by atomic mass is 35.5. The van der Waals surface area contributed by atoms with E-state index in [4.69, 9.17) is 23.2 Å². The zero-order valence-electron chi connectivity index (χ0n) is 11.0. The van der Waals surface area contributed by atoms with Crippen molar-refractivity contribution in [2.24, 2.45) is 0 Å². The van der Waals surface area contributed by atoms with E-state index in [-0.39, 0.29) is 5.78 Å². The van der Waals surface area contributed by atoms with Crippen LogP contribution in [-0.2, 0) is 19.4 Å². The Bertz CT molecular complexity index is 660. The van der Waals surface area contributed by atoms with Gasteiger partial charge in [0, 0.05) is 40.5 Å². The summed E-state index contributed by atoms with van der Waals surface area (Å²) < 4.78 is 2.18. The minimum absolute atomic E-state index is 0.273. The molecule has 0 unspecified atom stereocenters. The Hall–Kier alpha value is -1.25. The molecule has 104 valence electrons. The van der Waals surface area contributed by atoms with Crippen LogP contribution in [0.1, 0.15) is 34.5 Å². The zero-order chi connectivity index (χ0) is 14.1. The smallest absolute Gasteiger partial charge is 0.164 e. The quantitative estimate of drug-likeness (QED) is 0.815. The van der Waals surface area contributed by atoms with Gasteiger partial charge in [-0.05, 0) is 43.0 Å². The van der Waals surface area contributed by atoms with Crippen molar-refractivity contribution in [3.63, 3.8) is 0 Å². The average molecular weight is 308 g/mol. The molecule has 0 radical (unpaired) electrons. The van der Waals surface area contributed by atoms with Crippen molar-refractivity contribution >= 4 is 29.0 Å². The molecule has 20 heavy (non-hydrogen) atoms. The largest absolute Gasteiger partial charge is 0.350 e. The normalized spacial score (nSPS) is 14.4. The third kappa shape index (κ3) is 2.63. The van der Waals surface area contributed by atoms with E-state index in [1.165, 1.54) is 5.69 Å². The van der Waals surface area contributed by atoms with Crippen molar-refractivity contribution in [3.8, 4) is 0 Å². The molecule has 1 aromatic heterocycles. The van der Waals surface area contributed by atoms with E-state index in [1.54, 1.807) is 6.07 Å². The lowest BCUT2D eigenvalue weighted by atomic mass is 9.97. The second-order valence-electron chi connectivity index (χ2n) is 5.13. The SMILES string of the molecule is O=C1CCCc2c1ccn2CCc1ccc(Cl)cc1Cl. The van der Waals surface area contributed by atoms with Gasteiger partial charge in [0.1, 0.15) is 0 Å². The number of halogens is 2. The molecule has 2 aromatic rings. The molecule has 0 aliphatic heterocycles. The molecule has 4 heteroatoms. The molecule has 1 aliphatic rings. The molecule has 2 nitrogen and oxygen atoms in total. The number of hydrogen-bond donors (Lipinski definition) is 0. The molecule has 1 heterocycles. The number of Topliss-reactive ketones (excluding diaryl/α,β-unsaturated/α-hetero) is 1. The maximum Gasteiger partial charge on any atom is 0.164 e. The maximum atomic E-state index is 11.8. The molecule has 0 saturated heterocycles. The topological polar surface area (TPSA) is 22.0 Å². The van der Waals surface area contributed by atoms with Crippen LogP contribution in [0.25, 0.3) is 0 Å². The fraction of sp³-hybridized carbons (Fsp3) is 0.312. The summed E-state index contributed by atoms with van der Waals surface area (Å²) >= 11 is 12.1. The van der Waals surface area contributed by atoms with E-state index in [0.29, 0.717) is 16.5 Å². The van der Waals surface area contributed by atoms with Crippen molar-refractivity contribution < 1.29 is 4.79 Å². The number of fused-ring (bicyclic) bond motifs is 1. The zero-order valence-corrected chi connectivity index (χ0v) is 12.5. The van der Waals surface area contributed by atoms with Gasteiger partial charge in [-0.2, -0.15) is 0 Å². The summed E-state index contributed by atoms with van der Waals surface area (Å²) in [4.78, 5) is 11.8. The Balaban J connectivity index is 1.77. The molecule has 1 aromatic carbocycles. The van der Waals surface area contributed by atoms with Crippen LogP contribution in [0.4, 0.5) is 0 Å². The van der Waals surface area contributed by atoms with Crippen LogP contribution in [0.3, 0.4) is 0 Å². The van der Waals surface area contributed by atoms with Crippen molar-refractivity contribution in [2.75, 3.05) is 0 Å². The summed E-state index contributed by atoms with van der Waals surface area (Å²) in [7, 11) is 0. The Morgan fingerprint density at radius 3 is 2.80 bits per heavy atom. The summed E-state index contributed by atoms with van der Waals surface area (Å²) in [6.45, 7) is 0.837. The lowest BCUT2D eigenvalue weighted by molar-refractivity contribution is 0.0972. The number of benzene rings is 1. The van der Waals surface area contributed by atoms with E-state index in [9.17, 15) is 4.79 Å². The lowest BCUT2D eigenvalue weighted by Crippen LogP contribution is -2.13. The van der Waals surface area contributed by atoms with E-state index >= 15 is 0 Å². The summed E-state index contributed by atoms with van der Waals surface area (Å²) in [5.74, 6) is 0.273. The van der Waals surface area contributed by atoms with Crippen molar-refractivity contribution in [2.45, 2.75) is 32.2 Å². The first-order chi connectivity index (χ1) is 9.65. The Labute approximate surface area is 128 Å². The molecule has 0 N–H and O–H groups in total. The van der Waals surface area contributed by atoms with Crippen molar-refractivity contribution in [1.29, 1.82) is 0 Å². The molecule has 0 atom stereocenters. The molecule has 3 rings (SSSR count).